The van der Waals surface area contributed by atoms with Crippen molar-refractivity contribution in [2.45, 2.75) is 6.42 Å². The molecule has 1 amide bonds. The Balaban J connectivity index is 2.86. The molecule has 1 aromatic rings. The number of carboxylic acids is 1. The maximum atomic E-state index is 11.4. The maximum Gasteiger partial charge on any atom is 0.335 e. The molecule has 4 nitrogen and oxygen atoms in total. The van der Waals surface area contributed by atoms with Crippen LogP contribution < -0.4 is 4.90 Å². The van der Waals surface area contributed by atoms with E-state index in [1.807, 2.05) is 0 Å². The van der Waals surface area contributed by atoms with Crippen molar-refractivity contribution in [1.82, 2.24) is 0 Å². The molecule has 1 rings (SSSR count). The van der Waals surface area contributed by atoms with Crippen LogP contribution in [-0.4, -0.2) is 24.0 Å². The van der Waals surface area contributed by atoms with Crippen molar-refractivity contribution in [1.29, 1.82) is 0 Å². The highest BCUT2D eigenvalue weighted by Crippen LogP contribution is 2.14. The number of carbonyl (C=O) groups is 2. The van der Waals surface area contributed by atoms with Crippen molar-refractivity contribution >= 4 is 17.6 Å². The normalized spacial score (nSPS) is 9.25. The van der Waals surface area contributed by atoms with Gasteiger partial charge in [-0.05, 0) is 24.3 Å². The Morgan fingerprint density at radius 3 is 2.38 bits per heavy atom. The molecule has 1 N–H and O–H groups in total. The first kappa shape index (κ1) is 11.8. The SMILES string of the molecule is C#CCC(=O)N(C)c1ccc(C(=O)O)cc1. The van der Waals surface area contributed by atoms with Crippen molar-refractivity contribution in [2.24, 2.45) is 0 Å². The average molecular weight is 217 g/mol. The molecule has 0 aliphatic rings. The van der Waals surface area contributed by atoms with Gasteiger partial charge in [-0.15, -0.1) is 6.42 Å². The van der Waals surface area contributed by atoms with Crippen LogP contribution in [0, 0.1) is 12.3 Å². The minimum Gasteiger partial charge on any atom is -0.478 e. The van der Waals surface area contributed by atoms with Crippen LogP contribution in [0.1, 0.15) is 16.8 Å². The van der Waals surface area contributed by atoms with Gasteiger partial charge < -0.3 is 10.0 Å². The molecule has 16 heavy (non-hydrogen) atoms. The zero-order chi connectivity index (χ0) is 12.1. The number of anilines is 1. The summed E-state index contributed by atoms with van der Waals surface area (Å²) in [5.74, 6) is 1.06. The van der Waals surface area contributed by atoms with Crippen molar-refractivity contribution < 1.29 is 14.7 Å². The minimum atomic E-state index is -0.996. The number of hydrogen-bond acceptors (Lipinski definition) is 2. The Kier molecular flexibility index (Phi) is 3.67. The fraction of sp³-hybridized carbons (Fsp3) is 0.167. The van der Waals surface area contributed by atoms with Crippen molar-refractivity contribution in [3.05, 3.63) is 29.8 Å². The summed E-state index contributed by atoms with van der Waals surface area (Å²) in [5, 5.41) is 8.70. The van der Waals surface area contributed by atoms with E-state index in [0.29, 0.717) is 5.69 Å². The highest BCUT2D eigenvalue weighted by Gasteiger charge is 2.10. The fourth-order valence-corrected chi connectivity index (χ4v) is 1.18. The molecule has 0 radical (unpaired) electrons. The van der Waals surface area contributed by atoms with Gasteiger partial charge in [-0.2, -0.15) is 0 Å². The summed E-state index contributed by atoms with van der Waals surface area (Å²) in [4.78, 5) is 23.4. The number of terminal acetylenes is 1. The molecule has 0 atom stereocenters. The van der Waals surface area contributed by atoms with Crippen LogP contribution in [0.4, 0.5) is 5.69 Å². The lowest BCUT2D eigenvalue weighted by molar-refractivity contribution is -0.117. The van der Waals surface area contributed by atoms with Crippen LogP contribution in [0.2, 0.25) is 0 Å². The third-order valence-electron chi connectivity index (χ3n) is 2.13. The standard InChI is InChI=1S/C12H11NO3/c1-3-4-11(14)13(2)10-7-5-9(6-8-10)12(15)16/h1,5-8H,4H2,2H3,(H,15,16). The molecule has 0 aliphatic heterocycles. The summed E-state index contributed by atoms with van der Waals surface area (Å²) in [7, 11) is 1.59. The lowest BCUT2D eigenvalue weighted by Crippen LogP contribution is -2.25. The van der Waals surface area contributed by atoms with Gasteiger partial charge in [-0.3, -0.25) is 4.79 Å². The van der Waals surface area contributed by atoms with Crippen LogP contribution in [0.25, 0.3) is 0 Å². The predicted molar refractivity (Wildman–Crippen MR) is 60.3 cm³/mol. The smallest absolute Gasteiger partial charge is 0.335 e. The lowest BCUT2D eigenvalue weighted by Gasteiger charge is -2.15. The number of aromatic carboxylic acids is 1. The summed E-state index contributed by atoms with van der Waals surface area (Å²) >= 11 is 0. The molecule has 0 bridgehead atoms. The topological polar surface area (TPSA) is 57.6 Å². The van der Waals surface area contributed by atoms with Crippen LogP contribution in [0.3, 0.4) is 0 Å². The molecule has 0 spiro atoms. The number of rotatable bonds is 3. The van der Waals surface area contributed by atoms with E-state index >= 15 is 0 Å². The average Bonchev–Trinajstić information content (AvgIpc) is 2.28. The number of carboxylic acid groups (broad SMARTS) is 1. The number of carbonyl (C=O) groups excluding carboxylic acids is 1. The number of nitrogens with zero attached hydrogens (tertiary/aromatic N) is 1. The van der Waals surface area contributed by atoms with E-state index in [4.69, 9.17) is 11.5 Å². The van der Waals surface area contributed by atoms with Gasteiger partial charge in [0.05, 0.1) is 12.0 Å². The summed E-state index contributed by atoms with van der Waals surface area (Å²) in [6.07, 6.45) is 5.06. The van der Waals surface area contributed by atoms with Crippen molar-refractivity contribution in [2.75, 3.05) is 11.9 Å². The summed E-state index contributed by atoms with van der Waals surface area (Å²) in [5.41, 5.74) is 0.798. The zero-order valence-electron chi connectivity index (χ0n) is 8.80. The van der Waals surface area contributed by atoms with Crippen LogP contribution in [-0.2, 0) is 4.79 Å². The van der Waals surface area contributed by atoms with E-state index in [1.165, 1.54) is 17.0 Å². The second kappa shape index (κ2) is 4.99. The van der Waals surface area contributed by atoms with Crippen LogP contribution in [0.15, 0.2) is 24.3 Å². The van der Waals surface area contributed by atoms with Gasteiger partial charge in [-0.25, -0.2) is 4.79 Å². The molecule has 0 saturated carbocycles. The monoisotopic (exact) mass is 217 g/mol. The first-order valence-corrected chi connectivity index (χ1v) is 4.59. The number of hydrogen-bond donors (Lipinski definition) is 1. The van der Waals surface area contributed by atoms with Crippen LogP contribution >= 0.6 is 0 Å². The van der Waals surface area contributed by atoms with Gasteiger partial charge in [0.15, 0.2) is 0 Å². The van der Waals surface area contributed by atoms with Gasteiger partial charge in [0.2, 0.25) is 5.91 Å². The summed E-state index contributed by atoms with van der Waals surface area (Å²) in [6.45, 7) is 0. The zero-order valence-corrected chi connectivity index (χ0v) is 8.80. The fourth-order valence-electron chi connectivity index (χ4n) is 1.18. The molecule has 0 aromatic heterocycles. The number of amides is 1. The molecular formula is C12H11NO3. The molecule has 1 aromatic carbocycles. The van der Waals surface area contributed by atoms with E-state index in [1.54, 1.807) is 19.2 Å². The second-order valence-corrected chi connectivity index (χ2v) is 3.19. The van der Waals surface area contributed by atoms with Gasteiger partial charge in [0.25, 0.3) is 0 Å². The van der Waals surface area contributed by atoms with E-state index in [9.17, 15) is 9.59 Å². The Morgan fingerprint density at radius 1 is 1.38 bits per heavy atom. The van der Waals surface area contributed by atoms with Crippen molar-refractivity contribution in [3.63, 3.8) is 0 Å². The molecule has 0 unspecified atom stereocenters. The molecule has 0 saturated heterocycles. The molecular weight excluding hydrogens is 206 g/mol. The quantitative estimate of drug-likeness (QED) is 0.778. The van der Waals surface area contributed by atoms with E-state index in [2.05, 4.69) is 5.92 Å². The molecule has 0 fully saturated rings. The van der Waals surface area contributed by atoms with E-state index < -0.39 is 5.97 Å². The third-order valence-corrected chi connectivity index (χ3v) is 2.13. The Hall–Kier alpha value is -2.28. The highest BCUT2D eigenvalue weighted by molar-refractivity contribution is 5.95. The second-order valence-electron chi connectivity index (χ2n) is 3.19. The maximum absolute atomic E-state index is 11.4. The Morgan fingerprint density at radius 2 is 1.94 bits per heavy atom. The van der Waals surface area contributed by atoms with Crippen molar-refractivity contribution in [3.8, 4) is 12.3 Å². The van der Waals surface area contributed by atoms with Gasteiger partial charge in [0, 0.05) is 12.7 Å². The largest absolute Gasteiger partial charge is 0.478 e. The first-order chi connectivity index (χ1) is 7.56. The summed E-state index contributed by atoms with van der Waals surface area (Å²) < 4.78 is 0. The predicted octanol–water partition coefficient (Wildman–Crippen LogP) is 1.37. The molecule has 0 aliphatic carbocycles. The Labute approximate surface area is 93.5 Å². The van der Waals surface area contributed by atoms with Gasteiger partial charge in [-0.1, -0.05) is 5.92 Å². The van der Waals surface area contributed by atoms with E-state index in [-0.39, 0.29) is 17.9 Å². The van der Waals surface area contributed by atoms with Gasteiger partial charge >= 0.3 is 5.97 Å². The molecule has 82 valence electrons. The Bertz CT molecular complexity index is 442. The lowest BCUT2D eigenvalue weighted by atomic mass is 10.2. The number of benzene rings is 1. The highest BCUT2D eigenvalue weighted by atomic mass is 16.4. The van der Waals surface area contributed by atoms with Crippen LogP contribution in [0.5, 0.6) is 0 Å². The first-order valence-electron chi connectivity index (χ1n) is 4.59. The van der Waals surface area contributed by atoms with E-state index in [0.717, 1.165) is 0 Å². The minimum absolute atomic E-state index is 0.0250. The summed E-state index contributed by atoms with van der Waals surface area (Å²) in [6, 6.07) is 6.02. The molecule has 4 heteroatoms. The van der Waals surface area contributed by atoms with Gasteiger partial charge in [0.1, 0.15) is 0 Å². The molecule has 0 heterocycles. The third kappa shape index (κ3) is 2.61.